The standard InChI is InChI=1S/C29H25N5/c1-2-3-6-28-26(5-4-13-30-28)27-17-25-16-23-10-9-21(32-23)14-19-7-8-20(31-19)15-22-11-12-24(33-22)18-29(27)34-25/h4-5,7-18,32,34H,2-3,6H2,1H3. The van der Waals surface area contributed by atoms with E-state index in [4.69, 9.17) is 15.0 Å². The lowest BCUT2D eigenvalue weighted by atomic mass is 10.0. The minimum absolute atomic E-state index is 0.898. The van der Waals surface area contributed by atoms with Crippen LogP contribution >= 0.6 is 0 Å². The minimum atomic E-state index is 0.898. The summed E-state index contributed by atoms with van der Waals surface area (Å²) in [4.78, 5) is 21.3. The lowest BCUT2D eigenvalue weighted by Crippen LogP contribution is -1.93. The van der Waals surface area contributed by atoms with E-state index < -0.39 is 0 Å². The fourth-order valence-electron chi connectivity index (χ4n) is 4.47. The van der Waals surface area contributed by atoms with Gasteiger partial charge < -0.3 is 9.97 Å². The average molecular weight is 444 g/mol. The predicted molar refractivity (Wildman–Crippen MR) is 141 cm³/mol. The second-order valence-electron chi connectivity index (χ2n) is 8.69. The summed E-state index contributed by atoms with van der Waals surface area (Å²) in [6.45, 7) is 2.21. The topological polar surface area (TPSA) is 70.2 Å². The van der Waals surface area contributed by atoms with Crippen LogP contribution in [0.3, 0.4) is 0 Å². The number of hydrogen-bond donors (Lipinski definition) is 2. The van der Waals surface area contributed by atoms with Gasteiger partial charge in [0.15, 0.2) is 0 Å². The number of fused-ring (bicyclic) bond motifs is 8. The summed E-state index contributed by atoms with van der Waals surface area (Å²) in [7, 11) is 0. The van der Waals surface area contributed by atoms with Crippen LogP contribution in [0.25, 0.3) is 57.5 Å². The first kappa shape index (κ1) is 20.4. The van der Waals surface area contributed by atoms with E-state index in [0.717, 1.165) is 75.4 Å². The molecule has 166 valence electrons. The van der Waals surface area contributed by atoms with Crippen molar-refractivity contribution in [3.8, 4) is 11.1 Å². The molecule has 8 bridgehead atoms. The van der Waals surface area contributed by atoms with Crippen molar-refractivity contribution in [2.75, 3.05) is 0 Å². The maximum atomic E-state index is 4.81. The van der Waals surface area contributed by atoms with E-state index >= 15 is 0 Å². The van der Waals surface area contributed by atoms with Crippen molar-refractivity contribution in [3.05, 3.63) is 89.3 Å². The van der Waals surface area contributed by atoms with Crippen molar-refractivity contribution in [2.24, 2.45) is 0 Å². The second kappa shape index (κ2) is 8.60. The Balaban J connectivity index is 1.63. The summed E-state index contributed by atoms with van der Waals surface area (Å²) < 4.78 is 0. The number of aryl methyl sites for hydroxylation is 1. The van der Waals surface area contributed by atoms with E-state index in [9.17, 15) is 0 Å². The molecule has 0 spiro atoms. The summed E-state index contributed by atoms with van der Waals surface area (Å²) >= 11 is 0. The van der Waals surface area contributed by atoms with Gasteiger partial charge in [-0.1, -0.05) is 19.4 Å². The SMILES string of the molecule is CCCCc1ncccc1-c1cc2cc3ccc(cc4nc(cc5nc(cc1[nH]2)C=C5)C=C4)[nH]3. The highest BCUT2D eigenvalue weighted by Crippen LogP contribution is 2.30. The number of hydrogen-bond acceptors (Lipinski definition) is 3. The smallest absolute Gasteiger partial charge is 0.0659 e. The van der Waals surface area contributed by atoms with E-state index in [1.54, 1.807) is 0 Å². The number of H-pyrrole nitrogens is 2. The average Bonchev–Trinajstić information content (AvgIpc) is 3.63. The molecular weight excluding hydrogens is 418 g/mol. The highest BCUT2D eigenvalue weighted by Gasteiger charge is 2.11. The molecule has 0 aromatic carbocycles. The molecule has 0 aliphatic carbocycles. The number of unbranched alkanes of at least 4 members (excludes halogenated alkanes) is 1. The summed E-state index contributed by atoms with van der Waals surface area (Å²) in [5.41, 5.74) is 11.2. The van der Waals surface area contributed by atoms with Crippen LogP contribution in [-0.2, 0) is 6.42 Å². The van der Waals surface area contributed by atoms with Gasteiger partial charge in [-0.15, -0.1) is 0 Å². The predicted octanol–water partition coefficient (Wildman–Crippen LogP) is 7.06. The molecule has 5 nitrogen and oxygen atoms in total. The Morgan fingerprint density at radius 2 is 1.38 bits per heavy atom. The third kappa shape index (κ3) is 4.08. The fraction of sp³-hybridized carbons (Fsp3) is 0.138. The zero-order valence-electron chi connectivity index (χ0n) is 19.0. The van der Waals surface area contributed by atoms with Gasteiger partial charge in [0.1, 0.15) is 0 Å². The van der Waals surface area contributed by atoms with Gasteiger partial charge in [-0.05, 0) is 85.7 Å². The van der Waals surface area contributed by atoms with Crippen LogP contribution in [0.4, 0.5) is 0 Å². The molecule has 5 heteroatoms. The largest absolute Gasteiger partial charge is 0.355 e. The van der Waals surface area contributed by atoms with Crippen LogP contribution in [0.1, 0.15) is 48.2 Å². The molecule has 0 atom stereocenters. The van der Waals surface area contributed by atoms with E-state index in [2.05, 4.69) is 59.4 Å². The normalized spacial score (nSPS) is 12.4. The van der Waals surface area contributed by atoms with Crippen molar-refractivity contribution in [3.63, 3.8) is 0 Å². The molecule has 0 saturated heterocycles. The van der Waals surface area contributed by atoms with Gasteiger partial charge in [-0.3, -0.25) is 4.98 Å². The minimum Gasteiger partial charge on any atom is -0.355 e. The molecule has 2 aliphatic heterocycles. The van der Waals surface area contributed by atoms with Crippen molar-refractivity contribution >= 4 is 46.4 Å². The molecule has 34 heavy (non-hydrogen) atoms. The number of nitrogens with zero attached hydrogens (tertiary/aromatic N) is 3. The van der Waals surface area contributed by atoms with E-state index in [0.29, 0.717) is 0 Å². The third-order valence-electron chi connectivity index (χ3n) is 6.12. The van der Waals surface area contributed by atoms with Gasteiger partial charge in [-0.2, -0.15) is 0 Å². The number of nitrogens with one attached hydrogen (secondary N) is 2. The Kier molecular flexibility index (Phi) is 5.15. The van der Waals surface area contributed by atoms with Gasteiger partial charge in [-0.25, -0.2) is 9.97 Å². The van der Waals surface area contributed by atoms with E-state index in [1.165, 1.54) is 5.56 Å². The molecule has 0 saturated carbocycles. The monoisotopic (exact) mass is 443 g/mol. The first-order chi connectivity index (χ1) is 16.7. The van der Waals surface area contributed by atoms with Crippen molar-refractivity contribution < 1.29 is 0 Å². The van der Waals surface area contributed by atoms with Crippen LogP contribution < -0.4 is 0 Å². The lowest BCUT2D eigenvalue weighted by Gasteiger charge is -2.07. The number of aromatic amines is 2. The highest BCUT2D eigenvalue weighted by molar-refractivity contribution is 5.88. The number of rotatable bonds is 4. The zero-order valence-corrected chi connectivity index (χ0v) is 19.0. The Bertz CT molecular complexity index is 1600. The number of pyridine rings is 1. The third-order valence-corrected chi connectivity index (χ3v) is 6.12. The lowest BCUT2D eigenvalue weighted by molar-refractivity contribution is 0.778. The molecular formula is C29H25N5. The maximum Gasteiger partial charge on any atom is 0.0659 e. The molecule has 0 amide bonds. The number of aromatic nitrogens is 5. The van der Waals surface area contributed by atoms with Gasteiger partial charge in [0.05, 0.1) is 22.8 Å². The zero-order chi connectivity index (χ0) is 22.9. The van der Waals surface area contributed by atoms with E-state index in [-0.39, 0.29) is 0 Å². The van der Waals surface area contributed by atoms with Crippen molar-refractivity contribution in [2.45, 2.75) is 26.2 Å². The van der Waals surface area contributed by atoms with Crippen molar-refractivity contribution in [1.82, 2.24) is 24.9 Å². The first-order valence-electron chi connectivity index (χ1n) is 11.8. The Morgan fingerprint density at radius 1 is 0.676 bits per heavy atom. The van der Waals surface area contributed by atoms with Crippen LogP contribution in [-0.4, -0.2) is 24.9 Å². The van der Waals surface area contributed by atoms with Crippen LogP contribution in [0.2, 0.25) is 0 Å². The molecule has 0 radical (unpaired) electrons. The molecule has 4 aromatic heterocycles. The molecule has 0 unspecified atom stereocenters. The van der Waals surface area contributed by atoms with Gasteiger partial charge in [0.25, 0.3) is 0 Å². The Hall–Kier alpha value is -4.25. The maximum absolute atomic E-state index is 4.81. The molecule has 2 aliphatic rings. The molecule has 4 aromatic rings. The van der Waals surface area contributed by atoms with Gasteiger partial charge in [0.2, 0.25) is 0 Å². The first-order valence-corrected chi connectivity index (χ1v) is 11.8. The quantitative estimate of drug-likeness (QED) is 0.306. The Labute approximate surface area is 198 Å². The highest BCUT2D eigenvalue weighted by atomic mass is 14.8. The summed E-state index contributed by atoms with van der Waals surface area (Å²) in [6, 6.07) is 18.9. The van der Waals surface area contributed by atoms with Crippen LogP contribution in [0, 0.1) is 0 Å². The summed E-state index contributed by atoms with van der Waals surface area (Å²) in [5.74, 6) is 0. The van der Waals surface area contributed by atoms with Crippen LogP contribution in [0.5, 0.6) is 0 Å². The molecule has 2 N–H and O–H groups in total. The Morgan fingerprint density at radius 3 is 2.15 bits per heavy atom. The fourth-order valence-corrected chi connectivity index (χ4v) is 4.47. The van der Waals surface area contributed by atoms with Crippen molar-refractivity contribution in [1.29, 1.82) is 0 Å². The van der Waals surface area contributed by atoms with Gasteiger partial charge >= 0.3 is 0 Å². The second-order valence-corrected chi connectivity index (χ2v) is 8.69. The summed E-state index contributed by atoms with van der Waals surface area (Å²) in [5, 5.41) is 0. The van der Waals surface area contributed by atoms with Crippen LogP contribution in [0.15, 0.2) is 60.8 Å². The molecule has 6 rings (SSSR count). The van der Waals surface area contributed by atoms with E-state index in [1.807, 2.05) is 42.6 Å². The molecule has 0 fully saturated rings. The molecule has 6 heterocycles. The van der Waals surface area contributed by atoms with Gasteiger partial charge in [0, 0.05) is 45.1 Å². The summed E-state index contributed by atoms with van der Waals surface area (Å²) in [6.07, 6.45) is 13.2.